The van der Waals surface area contributed by atoms with E-state index in [1.165, 1.54) is 0 Å². The molecule has 11 heavy (non-hydrogen) atoms. The lowest BCUT2D eigenvalue weighted by atomic mass is 10.4. The third-order valence-electron chi connectivity index (χ3n) is 1.74. The van der Waals surface area contributed by atoms with E-state index in [9.17, 15) is 4.79 Å². The smallest absolute Gasteiger partial charge is 0.277 e. The van der Waals surface area contributed by atoms with Gasteiger partial charge in [0.2, 0.25) is 0 Å². The maximum atomic E-state index is 11.2. The predicted molar refractivity (Wildman–Crippen MR) is 40.1 cm³/mol. The number of ether oxygens (including phenoxy) is 1. The van der Waals surface area contributed by atoms with Crippen LogP contribution in [0.15, 0.2) is 0 Å². The highest BCUT2D eigenvalue weighted by Gasteiger charge is 2.16. The summed E-state index contributed by atoms with van der Waals surface area (Å²) in [6.07, 6.45) is 0. The number of likely N-dealkylation sites (N-methyl/N-ethyl adjacent to an activating group) is 1. The van der Waals surface area contributed by atoms with Crippen LogP contribution in [-0.2, 0) is 9.53 Å². The molecule has 0 spiro atoms. The van der Waals surface area contributed by atoms with Gasteiger partial charge in [0, 0.05) is 13.1 Å². The second kappa shape index (κ2) is 4.31. The first-order chi connectivity index (χ1) is 5.34. The fraction of sp³-hybridized carbons (Fsp3) is 0.857. The molecule has 0 aromatic rings. The maximum absolute atomic E-state index is 11.2. The number of nitrogens with zero attached hydrogens (tertiary/aromatic N) is 1. The van der Waals surface area contributed by atoms with Crippen LogP contribution in [0.4, 0.5) is 0 Å². The first kappa shape index (κ1) is 8.49. The summed E-state index contributed by atoms with van der Waals surface area (Å²) in [6, 6.07) is 0. The Morgan fingerprint density at radius 3 is 2.73 bits per heavy atom. The van der Waals surface area contributed by atoms with Gasteiger partial charge < -0.3 is 15.0 Å². The van der Waals surface area contributed by atoms with Gasteiger partial charge in [-0.15, -0.1) is 0 Å². The molecule has 1 saturated heterocycles. The van der Waals surface area contributed by atoms with Crippen molar-refractivity contribution in [1.29, 1.82) is 0 Å². The number of quaternary nitrogens is 1. The number of carbonyl (C=O) groups is 1. The molecular weight excluding hydrogens is 144 g/mol. The second-order valence-electron chi connectivity index (χ2n) is 2.61. The molecule has 4 heteroatoms. The Morgan fingerprint density at radius 2 is 2.18 bits per heavy atom. The highest BCUT2D eigenvalue weighted by Crippen LogP contribution is 1.95. The SMILES string of the molecule is C[NH2+]CC(=O)N1CCOCC1. The van der Waals surface area contributed by atoms with Crippen LogP contribution in [0.25, 0.3) is 0 Å². The minimum absolute atomic E-state index is 0.218. The van der Waals surface area contributed by atoms with Crippen molar-refractivity contribution >= 4 is 5.91 Å². The largest absolute Gasteiger partial charge is 0.378 e. The van der Waals surface area contributed by atoms with Gasteiger partial charge >= 0.3 is 0 Å². The first-order valence-corrected chi connectivity index (χ1v) is 3.98. The van der Waals surface area contributed by atoms with E-state index in [0.717, 1.165) is 13.1 Å². The van der Waals surface area contributed by atoms with Gasteiger partial charge in [0.25, 0.3) is 5.91 Å². The Hall–Kier alpha value is -0.610. The van der Waals surface area contributed by atoms with Gasteiger partial charge in [-0.05, 0) is 0 Å². The van der Waals surface area contributed by atoms with E-state index < -0.39 is 0 Å². The number of amides is 1. The molecule has 0 bridgehead atoms. The number of carbonyl (C=O) groups excluding carboxylic acids is 1. The van der Waals surface area contributed by atoms with Gasteiger partial charge in [0.15, 0.2) is 6.54 Å². The van der Waals surface area contributed by atoms with Crippen LogP contribution in [-0.4, -0.2) is 50.7 Å². The van der Waals surface area contributed by atoms with E-state index in [4.69, 9.17) is 4.74 Å². The third kappa shape index (κ3) is 2.48. The number of nitrogens with two attached hydrogens (primary N) is 1. The number of hydrogen-bond acceptors (Lipinski definition) is 2. The molecule has 4 nitrogen and oxygen atoms in total. The molecule has 0 saturated carbocycles. The molecule has 0 radical (unpaired) electrons. The van der Waals surface area contributed by atoms with Crippen molar-refractivity contribution in [3.63, 3.8) is 0 Å². The van der Waals surface area contributed by atoms with Gasteiger partial charge in [-0.3, -0.25) is 4.79 Å². The average Bonchev–Trinajstić information content (AvgIpc) is 2.07. The summed E-state index contributed by atoms with van der Waals surface area (Å²) in [5.41, 5.74) is 0. The fourth-order valence-electron chi connectivity index (χ4n) is 1.12. The molecule has 1 aliphatic heterocycles. The Morgan fingerprint density at radius 1 is 1.55 bits per heavy atom. The average molecular weight is 159 g/mol. The molecule has 64 valence electrons. The van der Waals surface area contributed by atoms with E-state index in [-0.39, 0.29) is 5.91 Å². The number of morpholine rings is 1. The molecule has 0 aromatic heterocycles. The van der Waals surface area contributed by atoms with Crippen molar-refractivity contribution in [1.82, 2.24) is 4.90 Å². The molecule has 0 aromatic carbocycles. The van der Waals surface area contributed by atoms with Crippen LogP contribution >= 0.6 is 0 Å². The standard InChI is InChI=1S/C7H14N2O2/c1-8-6-7(10)9-2-4-11-5-3-9/h8H,2-6H2,1H3/p+1. The topological polar surface area (TPSA) is 46.2 Å². The van der Waals surface area contributed by atoms with Crippen LogP contribution in [0.2, 0.25) is 0 Å². The minimum Gasteiger partial charge on any atom is -0.378 e. The molecule has 1 amide bonds. The highest BCUT2D eigenvalue weighted by molar-refractivity contribution is 5.77. The molecule has 0 unspecified atom stereocenters. The summed E-state index contributed by atoms with van der Waals surface area (Å²) in [5.74, 6) is 0.218. The molecule has 0 aliphatic carbocycles. The normalized spacial score (nSPS) is 18.5. The molecule has 0 atom stereocenters. The van der Waals surface area contributed by atoms with Crippen LogP contribution in [0.1, 0.15) is 0 Å². The molecule has 1 heterocycles. The molecule has 1 aliphatic rings. The summed E-state index contributed by atoms with van der Waals surface area (Å²) in [7, 11) is 1.90. The van der Waals surface area contributed by atoms with E-state index in [1.807, 2.05) is 17.3 Å². The number of rotatable bonds is 2. The summed E-state index contributed by atoms with van der Waals surface area (Å²) in [5, 5.41) is 1.89. The van der Waals surface area contributed by atoms with Gasteiger partial charge in [-0.2, -0.15) is 0 Å². The van der Waals surface area contributed by atoms with Crippen LogP contribution in [0.5, 0.6) is 0 Å². The lowest BCUT2D eigenvalue weighted by Crippen LogP contribution is -2.82. The van der Waals surface area contributed by atoms with E-state index >= 15 is 0 Å². The van der Waals surface area contributed by atoms with E-state index in [0.29, 0.717) is 19.8 Å². The first-order valence-electron chi connectivity index (χ1n) is 3.98. The van der Waals surface area contributed by atoms with Gasteiger partial charge in [0.05, 0.1) is 20.3 Å². The van der Waals surface area contributed by atoms with Gasteiger partial charge in [-0.1, -0.05) is 0 Å². The maximum Gasteiger partial charge on any atom is 0.277 e. The Labute approximate surface area is 66.5 Å². The van der Waals surface area contributed by atoms with E-state index in [2.05, 4.69) is 0 Å². The van der Waals surface area contributed by atoms with Crippen molar-refractivity contribution in [2.24, 2.45) is 0 Å². The van der Waals surface area contributed by atoms with Crippen molar-refractivity contribution < 1.29 is 14.8 Å². The van der Waals surface area contributed by atoms with Crippen molar-refractivity contribution in [3.8, 4) is 0 Å². The van der Waals surface area contributed by atoms with Gasteiger partial charge in [-0.25, -0.2) is 0 Å². The van der Waals surface area contributed by atoms with Crippen LogP contribution < -0.4 is 5.32 Å². The molecule has 1 rings (SSSR count). The quantitative estimate of drug-likeness (QED) is 0.508. The van der Waals surface area contributed by atoms with Crippen molar-refractivity contribution in [3.05, 3.63) is 0 Å². The molecular formula is C7H15N2O2+. The second-order valence-corrected chi connectivity index (χ2v) is 2.61. The minimum atomic E-state index is 0.218. The molecule has 2 N–H and O–H groups in total. The molecule has 1 fully saturated rings. The zero-order valence-corrected chi connectivity index (χ0v) is 6.88. The lowest BCUT2D eigenvalue weighted by molar-refractivity contribution is -0.616. The summed E-state index contributed by atoms with van der Waals surface area (Å²) >= 11 is 0. The Bertz CT molecular complexity index is 132. The predicted octanol–water partition coefficient (Wildman–Crippen LogP) is -1.96. The number of hydrogen-bond donors (Lipinski definition) is 1. The van der Waals surface area contributed by atoms with Crippen LogP contribution in [0.3, 0.4) is 0 Å². The van der Waals surface area contributed by atoms with Gasteiger partial charge in [0.1, 0.15) is 0 Å². The summed E-state index contributed by atoms with van der Waals surface area (Å²) in [4.78, 5) is 13.1. The Kier molecular flexibility index (Phi) is 3.32. The highest BCUT2D eigenvalue weighted by atomic mass is 16.5. The summed E-state index contributed by atoms with van der Waals surface area (Å²) in [6.45, 7) is 3.45. The summed E-state index contributed by atoms with van der Waals surface area (Å²) < 4.78 is 5.12. The van der Waals surface area contributed by atoms with Crippen LogP contribution in [0, 0.1) is 0 Å². The zero-order valence-electron chi connectivity index (χ0n) is 6.88. The Balaban J connectivity index is 2.27. The lowest BCUT2D eigenvalue weighted by Gasteiger charge is -2.25. The zero-order chi connectivity index (χ0) is 8.10. The monoisotopic (exact) mass is 159 g/mol. The van der Waals surface area contributed by atoms with Crippen molar-refractivity contribution in [2.75, 3.05) is 39.9 Å². The third-order valence-corrected chi connectivity index (χ3v) is 1.74. The fourth-order valence-corrected chi connectivity index (χ4v) is 1.12. The van der Waals surface area contributed by atoms with E-state index in [1.54, 1.807) is 0 Å². The van der Waals surface area contributed by atoms with Crippen molar-refractivity contribution in [2.45, 2.75) is 0 Å².